The van der Waals surface area contributed by atoms with Crippen molar-refractivity contribution in [3.05, 3.63) is 55.6 Å². The molecule has 1 saturated heterocycles. The number of benzene rings is 1. The van der Waals surface area contributed by atoms with E-state index in [1.165, 1.54) is 12.3 Å². The van der Waals surface area contributed by atoms with Crippen LogP contribution in [-0.2, 0) is 4.79 Å². The van der Waals surface area contributed by atoms with E-state index in [-0.39, 0.29) is 11.9 Å². The van der Waals surface area contributed by atoms with E-state index >= 15 is 0 Å². The molecule has 1 amide bonds. The van der Waals surface area contributed by atoms with E-state index in [4.69, 9.17) is 4.42 Å². The molecule has 9 heteroatoms. The van der Waals surface area contributed by atoms with Crippen LogP contribution in [0.5, 0.6) is 0 Å². The van der Waals surface area contributed by atoms with E-state index in [0.29, 0.717) is 24.2 Å². The molecule has 1 unspecified atom stereocenters. The summed E-state index contributed by atoms with van der Waals surface area (Å²) in [7, 11) is 0. The summed E-state index contributed by atoms with van der Waals surface area (Å²) in [6, 6.07) is 7.73. The first-order valence-electron chi connectivity index (χ1n) is 9.36. The Hall–Kier alpha value is -3.75. The molecule has 0 aliphatic carbocycles. The topological polar surface area (TPSA) is 109 Å². The number of anilines is 3. The predicted octanol–water partition coefficient (Wildman–Crippen LogP) is 2.86. The lowest BCUT2D eigenvalue weighted by atomic mass is 10.1. The van der Waals surface area contributed by atoms with Gasteiger partial charge in [0.05, 0.1) is 12.4 Å². The van der Waals surface area contributed by atoms with Crippen molar-refractivity contribution in [1.29, 1.82) is 0 Å². The molecular weight excluding hydrogens is 370 g/mol. The van der Waals surface area contributed by atoms with Crippen LogP contribution in [0.1, 0.15) is 12.8 Å². The second-order valence-electron chi connectivity index (χ2n) is 6.68. The second-order valence-corrected chi connectivity index (χ2v) is 6.68. The SMILES string of the molecule is C=CC(=O)N1CCCC(Nc2nncc(Nc3cccc(-c4ncco4)c3)n2)C1. The molecule has 1 atom stereocenters. The molecule has 1 fully saturated rings. The molecule has 4 rings (SSSR count). The van der Waals surface area contributed by atoms with Gasteiger partial charge < -0.3 is 20.0 Å². The number of hydrogen-bond donors (Lipinski definition) is 2. The lowest BCUT2D eigenvalue weighted by Crippen LogP contribution is -2.44. The van der Waals surface area contributed by atoms with Gasteiger partial charge in [-0.25, -0.2) is 4.98 Å². The van der Waals surface area contributed by atoms with Crippen molar-refractivity contribution in [3.63, 3.8) is 0 Å². The number of piperidine rings is 1. The maximum absolute atomic E-state index is 11.9. The van der Waals surface area contributed by atoms with Crippen LogP contribution in [0, 0.1) is 0 Å². The highest BCUT2D eigenvalue weighted by molar-refractivity contribution is 5.87. The number of amides is 1. The van der Waals surface area contributed by atoms with Crippen LogP contribution in [0.4, 0.5) is 17.5 Å². The molecule has 1 aliphatic heterocycles. The van der Waals surface area contributed by atoms with Crippen molar-refractivity contribution < 1.29 is 9.21 Å². The Morgan fingerprint density at radius 3 is 3.14 bits per heavy atom. The summed E-state index contributed by atoms with van der Waals surface area (Å²) in [4.78, 5) is 22.3. The summed E-state index contributed by atoms with van der Waals surface area (Å²) >= 11 is 0. The fourth-order valence-electron chi connectivity index (χ4n) is 3.28. The zero-order valence-electron chi connectivity index (χ0n) is 15.8. The molecular formula is C20H21N7O2. The zero-order chi connectivity index (χ0) is 20.1. The standard InChI is InChI=1S/C20H21N7O2/c1-2-18(28)27-9-4-7-16(13-27)24-20-25-17(12-22-26-20)23-15-6-3-5-14(11-15)19-21-8-10-29-19/h2-3,5-6,8,10-12,16H,1,4,7,9,13H2,(H2,23,24,25,26). The molecule has 1 aliphatic rings. The van der Waals surface area contributed by atoms with Gasteiger partial charge in [-0.3, -0.25) is 4.79 Å². The van der Waals surface area contributed by atoms with E-state index in [1.54, 1.807) is 17.3 Å². The van der Waals surface area contributed by atoms with Crippen LogP contribution in [0.15, 0.2) is 60.0 Å². The van der Waals surface area contributed by atoms with Crippen LogP contribution in [0.2, 0.25) is 0 Å². The number of carbonyl (C=O) groups excluding carboxylic acids is 1. The molecule has 0 saturated carbocycles. The largest absolute Gasteiger partial charge is 0.445 e. The van der Waals surface area contributed by atoms with Gasteiger partial charge in [0, 0.05) is 30.4 Å². The summed E-state index contributed by atoms with van der Waals surface area (Å²) in [5, 5.41) is 14.6. The van der Waals surface area contributed by atoms with Gasteiger partial charge in [0.1, 0.15) is 6.26 Å². The Morgan fingerprint density at radius 2 is 2.31 bits per heavy atom. The molecule has 0 radical (unpaired) electrons. The smallest absolute Gasteiger partial charge is 0.246 e. The fourth-order valence-corrected chi connectivity index (χ4v) is 3.28. The normalized spacial score (nSPS) is 16.3. The van der Waals surface area contributed by atoms with Gasteiger partial charge in [0.15, 0.2) is 5.82 Å². The van der Waals surface area contributed by atoms with Crippen molar-refractivity contribution in [1.82, 2.24) is 25.1 Å². The molecule has 3 aromatic rings. The third-order valence-electron chi connectivity index (χ3n) is 4.61. The number of nitrogens with zero attached hydrogens (tertiary/aromatic N) is 5. The van der Waals surface area contributed by atoms with Gasteiger partial charge in [-0.15, -0.1) is 5.10 Å². The van der Waals surface area contributed by atoms with E-state index in [1.807, 2.05) is 24.3 Å². The van der Waals surface area contributed by atoms with Gasteiger partial charge in [-0.2, -0.15) is 10.1 Å². The summed E-state index contributed by atoms with van der Waals surface area (Å²) in [5.74, 6) is 1.46. The van der Waals surface area contributed by atoms with E-state index in [9.17, 15) is 4.79 Å². The van der Waals surface area contributed by atoms with Gasteiger partial charge >= 0.3 is 0 Å². The number of nitrogens with one attached hydrogen (secondary N) is 2. The Bertz CT molecular complexity index is 990. The van der Waals surface area contributed by atoms with Crippen LogP contribution in [0.3, 0.4) is 0 Å². The number of likely N-dealkylation sites (tertiary alicyclic amines) is 1. The minimum Gasteiger partial charge on any atom is -0.445 e. The first-order valence-corrected chi connectivity index (χ1v) is 9.36. The zero-order valence-corrected chi connectivity index (χ0v) is 15.8. The number of oxazole rings is 1. The molecule has 2 aromatic heterocycles. The van der Waals surface area contributed by atoms with Crippen molar-refractivity contribution in [2.75, 3.05) is 23.7 Å². The number of rotatable bonds is 6. The van der Waals surface area contributed by atoms with Gasteiger partial charge in [-0.1, -0.05) is 12.6 Å². The van der Waals surface area contributed by atoms with Crippen LogP contribution < -0.4 is 10.6 Å². The minimum absolute atomic E-state index is 0.0584. The lowest BCUT2D eigenvalue weighted by molar-refractivity contribution is -0.127. The molecule has 148 valence electrons. The predicted molar refractivity (Wildman–Crippen MR) is 108 cm³/mol. The molecule has 9 nitrogen and oxygen atoms in total. The summed E-state index contributed by atoms with van der Waals surface area (Å²) in [6.45, 7) is 4.88. The first-order chi connectivity index (χ1) is 14.2. The van der Waals surface area contributed by atoms with Crippen molar-refractivity contribution in [2.24, 2.45) is 0 Å². The van der Waals surface area contributed by atoms with Crippen molar-refractivity contribution >= 4 is 23.4 Å². The molecule has 3 heterocycles. The highest BCUT2D eigenvalue weighted by Crippen LogP contribution is 2.23. The summed E-state index contributed by atoms with van der Waals surface area (Å²) < 4.78 is 5.34. The van der Waals surface area contributed by atoms with Crippen LogP contribution >= 0.6 is 0 Å². The maximum Gasteiger partial charge on any atom is 0.246 e. The first kappa shape index (κ1) is 18.6. The average molecular weight is 391 g/mol. The highest BCUT2D eigenvalue weighted by atomic mass is 16.3. The van der Waals surface area contributed by atoms with Gasteiger partial charge in [0.25, 0.3) is 0 Å². The third-order valence-corrected chi connectivity index (χ3v) is 4.61. The van der Waals surface area contributed by atoms with E-state index in [0.717, 1.165) is 30.6 Å². The van der Waals surface area contributed by atoms with Crippen LogP contribution in [-0.4, -0.2) is 50.1 Å². The molecule has 0 spiro atoms. The Kier molecular flexibility index (Phi) is 5.46. The van der Waals surface area contributed by atoms with Gasteiger partial charge in [0.2, 0.25) is 17.7 Å². The van der Waals surface area contributed by atoms with E-state index in [2.05, 4.69) is 37.4 Å². The summed E-state index contributed by atoms with van der Waals surface area (Å²) in [5.41, 5.74) is 1.68. The number of aromatic nitrogens is 4. The minimum atomic E-state index is -0.0584. The molecule has 0 bridgehead atoms. The fraction of sp³-hybridized carbons (Fsp3) is 0.250. The van der Waals surface area contributed by atoms with Gasteiger partial charge in [-0.05, 0) is 37.1 Å². The van der Waals surface area contributed by atoms with E-state index < -0.39 is 0 Å². The van der Waals surface area contributed by atoms with Crippen molar-refractivity contribution in [3.8, 4) is 11.5 Å². The number of carbonyl (C=O) groups is 1. The molecule has 2 N–H and O–H groups in total. The lowest BCUT2D eigenvalue weighted by Gasteiger charge is -2.32. The Balaban J connectivity index is 1.43. The molecule has 1 aromatic carbocycles. The maximum atomic E-state index is 11.9. The number of hydrogen-bond acceptors (Lipinski definition) is 8. The highest BCUT2D eigenvalue weighted by Gasteiger charge is 2.22. The third kappa shape index (κ3) is 4.57. The average Bonchev–Trinajstić information content (AvgIpc) is 3.29. The monoisotopic (exact) mass is 391 g/mol. The second kappa shape index (κ2) is 8.51. The van der Waals surface area contributed by atoms with Crippen molar-refractivity contribution in [2.45, 2.75) is 18.9 Å². The Morgan fingerprint density at radius 1 is 1.38 bits per heavy atom. The Labute approximate surface area is 167 Å². The molecule has 29 heavy (non-hydrogen) atoms. The quantitative estimate of drug-likeness (QED) is 0.618. The summed E-state index contributed by atoms with van der Waals surface area (Å²) in [6.07, 6.45) is 7.89. The van der Waals surface area contributed by atoms with Crippen LogP contribution in [0.25, 0.3) is 11.5 Å².